The first-order valence-corrected chi connectivity index (χ1v) is 10.1. The van der Waals surface area contributed by atoms with Crippen LogP contribution in [0.5, 0.6) is 0 Å². The van der Waals surface area contributed by atoms with E-state index in [0.717, 1.165) is 38.5 Å². The third kappa shape index (κ3) is 4.44. The van der Waals surface area contributed by atoms with Crippen LogP contribution in [0.15, 0.2) is 43.0 Å². The first-order valence-electron chi connectivity index (χ1n) is 10.1. The number of amides is 2. The van der Waals surface area contributed by atoms with E-state index in [1.54, 1.807) is 0 Å². The summed E-state index contributed by atoms with van der Waals surface area (Å²) in [5.74, 6) is -0.000421. The van der Waals surface area contributed by atoms with Gasteiger partial charge < -0.3 is 0 Å². The van der Waals surface area contributed by atoms with Crippen LogP contribution in [0, 0.1) is 23.7 Å². The van der Waals surface area contributed by atoms with E-state index < -0.39 is 0 Å². The fourth-order valence-electron chi connectivity index (χ4n) is 4.21. The zero-order valence-electron chi connectivity index (χ0n) is 16.5. The average molecular weight is 356 g/mol. The molecule has 1 fully saturated rings. The number of nitrogens with zero attached hydrogens (tertiary/aromatic N) is 1. The Bertz CT molecular complexity index is 610. The lowest BCUT2D eigenvalue weighted by Crippen LogP contribution is -2.32. The Kier molecular flexibility index (Phi) is 7.62. The highest BCUT2D eigenvalue weighted by Crippen LogP contribution is 2.42. The van der Waals surface area contributed by atoms with Crippen molar-refractivity contribution in [2.24, 2.45) is 23.7 Å². The molecule has 0 saturated carbocycles. The minimum absolute atomic E-state index is 0.00891. The molecule has 1 aliphatic heterocycles. The Morgan fingerprint density at radius 1 is 1.00 bits per heavy atom. The van der Waals surface area contributed by atoms with Gasteiger partial charge in [0.1, 0.15) is 0 Å². The Morgan fingerprint density at radius 3 is 2.04 bits per heavy atom. The summed E-state index contributed by atoms with van der Waals surface area (Å²) >= 11 is 0. The fraction of sp³-hybridized carbons (Fsp3) is 0.565. The summed E-state index contributed by atoms with van der Waals surface area (Å²) in [6, 6.07) is 9.38. The molecular formula is C23H33NO2. The van der Waals surface area contributed by atoms with E-state index in [4.69, 9.17) is 0 Å². The van der Waals surface area contributed by atoms with Gasteiger partial charge in [0.2, 0.25) is 11.8 Å². The van der Waals surface area contributed by atoms with Crippen LogP contribution in [0.1, 0.15) is 59.3 Å². The lowest BCUT2D eigenvalue weighted by molar-refractivity contribution is -0.123. The molecule has 0 N–H and O–H groups in total. The second kappa shape index (κ2) is 9.70. The maximum Gasteiger partial charge on any atom is 0.237 e. The van der Waals surface area contributed by atoms with Gasteiger partial charge in [0.25, 0.3) is 0 Å². The highest BCUT2D eigenvalue weighted by Gasteiger charge is 2.51. The zero-order valence-corrected chi connectivity index (χ0v) is 16.5. The van der Waals surface area contributed by atoms with Gasteiger partial charge in [0.15, 0.2) is 0 Å². The molecule has 4 atom stereocenters. The van der Waals surface area contributed by atoms with Crippen LogP contribution >= 0.6 is 0 Å². The molecule has 0 aliphatic carbocycles. The van der Waals surface area contributed by atoms with Crippen molar-refractivity contribution in [2.45, 2.75) is 59.3 Å². The number of unbranched alkanes of at least 4 members (excludes halogenated alkanes) is 2. The molecule has 0 spiro atoms. The molecule has 1 aromatic rings. The number of para-hydroxylation sites is 1. The van der Waals surface area contributed by atoms with Crippen molar-refractivity contribution in [2.75, 3.05) is 4.90 Å². The third-order valence-corrected chi connectivity index (χ3v) is 5.72. The number of imide groups is 1. The van der Waals surface area contributed by atoms with Crippen molar-refractivity contribution in [3.8, 4) is 0 Å². The van der Waals surface area contributed by atoms with E-state index in [2.05, 4.69) is 27.4 Å². The van der Waals surface area contributed by atoms with Gasteiger partial charge in [0.05, 0.1) is 17.5 Å². The minimum atomic E-state index is -0.209. The van der Waals surface area contributed by atoms with Crippen LogP contribution in [-0.2, 0) is 9.59 Å². The summed E-state index contributed by atoms with van der Waals surface area (Å²) in [5.41, 5.74) is 0.705. The summed E-state index contributed by atoms with van der Waals surface area (Å²) in [6.45, 7) is 10.2. The molecule has 0 bridgehead atoms. The van der Waals surface area contributed by atoms with Crippen molar-refractivity contribution >= 4 is 17.5 Å². The molecule has 26 heavy (non-hydrogen) atoms. The summed E-state index contributed by atoms with van der Waals surface area (Å²) in [7, 11) is 0. The predicted octanol–water partition coefficient (Wildman–Crippen LogP) is 5.61. The molecule has 1 aliphatic rings. The number of hydrogen-bond donors (Lipinski definition) is 0. The number of benzene rings is 1. The van der Waals surface area contributed by atoms with Crippen molar-refractivity contribution in [3.63, 3.8) is 0 Å². The lowest BCUT2D eigenvalue weighted by atomic mass is 9.74. The fourth-order valence-corrected chi connectivity index (χ4v) is 4.21. The smallest absolute Gasteiger partial charge is 0.237 e. The lowest BCUT2D eigenvalue weighted by Gasteiger charge is -2.26. The van der Waals surface area contributed by atoms with Crippen LogP contribution in [0.2, 0.25) is 0 Å². The Hall–Kier alpha value is -1.90. The van der Waals surface area contributed by atoms with Gasteiger partial charge in [0, 0.05) is 0 Å². The first kappa shape index (κ1) is 20.4. The number of hydrogen-bond acceptors (Lipinski definition) is 2. The number of anilines is 1. The molecular weight excluding hydrogens is 322 g/mol. The SMILES string of the molecule is C=CCCCC(C)C1C(=O)N(c2ccccc2)C(=O)C1C(C)CCCC. The highest BCUT2D eigenvalue weighted by atomic mass is 16.2. The van der Waals surface area contributed by atoms with Crippen LogP contribution in [-0.4, -0.2) is 11.8 Å². The van der Waals surface area contributed by atoms with Crippen LogP contribution in [0.25, 0.3) is 0 Å². The Balaban J connectivity index is 2.29. The van der Waals surface area contributed by atoms with Gasteiger partial charge in [-0.15, -0.1) is 6.58 Å². The van der Waals surface area contributed by atoms with Crippen LogP contribution in [0.4, 0.5) is 5.69 Å². The quantitative estimate of drug-likeness (QED) is 0.311. The van der Waals surface area contributed by atoms with Gasteiger partial charge in [-0.05, 0) is 49.7 Å². The van der Waals surface area contributed by atoms with E-state index in [-0.39, 0.29) is 35.5 Å². The summed E-state index contributed by atoms with van der Waals surface area (Å²) < 4.78 is 0. The van der Waals surface area contributed by atoms with E-state index in [1.165, 1.54) is 4.90 Å². The van der Waals surface area contributed by atoms with Crippen LogP contribution < -0.4 is 4.90 Å². The molecule has 3 heteroatoms. The molecule has 1 heterocycles. The maximum atomic E-state index is 13.3. The summed E-state index contributed by atoms with van der Waals surface area (Å²) in [6.07, 6.45) is 8.06. The highest BCUT2D eigenvalue weighted by molar-refractivity contribution is 6.22. The minimum Gasteiger partial charge on any atom is -0.274 e. The number of carbonyl (C=O) groups is 2. The van der Waals surface area contributed by atoms with E-state index in [1.807, 2.05) is 36.4 Å². The molecule has 1 aromatic carbocycles. The number of allylic oxidation sites excluding steroid dienone is 1. The number of rotatable bonds is 10. The second-order valence-corrected chi connectivity index (χ2v) is 7.72. The maximum absolute atomic E-state index is 13.3. The summed E-state index contributed by atoms with van der Waals surface area (Å²) in [5, 5.41) is 0. The standard InChI is InChI=1S/C23H33NO2/c1-5-7-10-14-18(4)21-20(17(3)13-8-6-2)22(25)24(23(21)26)19-15-11-9-12-16-19/h5,9,11-12,15-18,20-21H,1,6-8,10,13-14H2,2-4H3. The van der Waals surface area contributed by atoms with E-state index >= 15 is 0 Å². The van der Waals surface area contributed by atoms with Crippen molar-refractivity contribution in [1.29, 1.82) is 0 Å². The molecule has 4 unspecified atom stereocenters. The predicted molar refractivity (Wildman–Crippen MR) is 108 cm³/mol. The monoisotopic (exact) mass is 355 g/mol. The molecule has 0 aromatic heterocycles. The van der Waals surface area contributed by atoms with Gasteiger partial charge in [-0.3, -0.25) is 14.5 Å². The van der Waals surface area contributed by atoms with Crippen molar-refractivity contribution in [3.05, 3.63) is 43.0 Å². The summed E-state index contributed by atoms with van der Waals surface area (Å²) in [4.78, 5) is 28.0. The number of carbonyl (C=O) groups excluding carboxylic acids is 2. The van der Waals surface area contributed by atoms with Crippen molar-refractivity contribution in [1.82, 2.24) is 0 Å². The molecule has 3 nitrogen and oxygen atoms in total. The molecule has 2 amide bonds. The molecule has 1 saturated heterocycles. The zero-order chi connectivity index (χ0) is 19.1. The Labute approximate surface area is 158 Å². The third-order valence-electron chi connectivity index (χ3n) is 5.72. The van der Waals surface area contributed by atoms with Gasteiger partial charge in [-0.25, -0.2) is 0 Å². The van der Waals surface area contributed by atoms with Gasteiger partial charge >= 0.3 is 0 Å². The Morgan fingerprint density at radius 2 is 1.54 bits per heavy atom. The normalized spacial score (nSPS) is 22.5. The average Bonchev–Trinajstić information content (AvgIpc) is 2.91. The van der Waals surface area contributed by atoms with Gasteiger partial charge in [-0.2, -0.15) is 0 Å². The molecule has 142 valence electrons. The van der Waals surface area contributed by atoms with Crippen molar-refractivity contribution < 1.29 is 9.59 Å². The van der Waals surface area contributed by atoms with Gasteiger partial charge in [-0.1, -0.05) is 57.9 Å². The largest absolute Gasteiger partial charge is 0.274 e. The first-order chi connectivity index (χ1) is 12.5. The topological polar surface area (TPSA) is 37.4 Å². The molecule has 2 rings (SSSR count). The van der Waals surface area contributed by atoms with E-state index in [9.17, 15) is 9.59 Å². The second-order valence-electron chi connectivity index (χ2n) is 7.72. The molecule has 0 radical (unpaired) electrons. The van der Waals surface area contributed by atoms with E-state index in [0.29, 0.717) is 5.69 Å². The van der Waals surface area contributed by atoms with Crippen LogP contribution in [0.3, 0.4) is 0 Å².